The van der Waals surface area contributed by atoms with Crippen molar-refractivity contribution in [1.29, 1.82) is 0 Å². The molecule has 7 N–H and O–H groups in total. The van der Waals surface area contributed by atoms with Crippen molar-refractivity contribution < 1.29 is 68.9 Å². The number of primary amides is 1. The summed E-state index contributed by atoms with van der Waals surface area (Å²) in [4.78, 5) is 88.4. The van der Waals surface area contributed by atoms with Crippen LogP contribution in [0.15, 0.2) is 0 Å². The van der Waals surface area contributed by atoms with Gasteiger partial charge in [-0.05, 0) is 39.5 Å². The summed E-state index contributed by atoms with van der Waals surface area (Å²) in [5.74, 6) is -5.37. The van der Waals surface area contributed by atoms with Crippen LogP contribution in [0.1, 0.15) is 221 Å². The summed E-state index contributed by atoms with van der Waals surface area (Å²) in [6, 6.07) is -4.24. The molecule has 0 saturated carbocycles. The third-order valence-electron chi connectivity index (χ3n) is 12.7. The lowest BCUT2D eigenvalue weighted by Gasteiger charge is -2.43. The van der Waals surface area contributed by atoms with E-state index >= 15 is 0 Å². The summed E-state index contributed by atoms with van der Waals surface area (Å²) >= 11 is 0. The Morgan fingerprint density at radius 2 is 1.17 bits per heavy atom. The Bertz CT molecular complexity index is 1530. The van der Waals surface area contributed by atoms with Gasteiger partial charge in [-0.2, -0.15) is 0 Å². The number of carbonyl (C=O) groups excluding carboxylic acids is 7. The van der Waals surface area contributed by atoms with E-state index in [0.717, 1.165) is 59.0 Å². The second-order valence-electron chi connectivity index (χ2n) is 19.1. The highest BCUT2D eigenvalue weighted by Gasteiger charge is 2.47. The molecule has 1 saturated heterocycles. The number of esters is 3. The number of aliphatic hydroxyl groups excluding tert-OH is 2. The van der Waals surface area contributed by atoms with Crippen LogP contribution in [0.25, 0.3) is 0 Å². The standard InChI is InChI=1S/C52H94N4O14/c1-7-9-11-13-15-17-19-20-22-24-26-28-30-32-44(59)69-40(31-29-27-25-23-21-18-16-14-12-10-8-2)35-45(60)67-36-42-47(61)48(46(52(65)70-42)55-39(5)57)68-38(4)51(64)54-37(3)50(63)56-41(49(53)62)33-34-43(58)66-6/h37-38,40-42,46-48,52,61,65H,7-36H2,1-6H3,(H2,53,62)(H,54,64)(H,55,57)(H,56,63)/t37-,38+,40+,41-,42+,46+,47+,48+,52?/m0/s1/i/hD. The third kappa shape index (κ3) is 30.1. The SMILES string of the molecule is [2H]N(C(=O)[C@@H](C)O[C@H]1[C@H](O)[C@@H](COC(=O)C[C@@H](CCCCCCCCCCCCC)OC(=O)CCCCCCCCCCCCCCC)OC(O)[C@@H]1NC(C)=O)[C@@H](C)C(=O)N[C@@H](CCC(=O)OC)C(N)=O. The van der Waals surface area contributed by atoms with E-state index in [4.69, 9.17) is 26.1 Å². The second-order valence-corrected chi connectivity index (χ2v) is 19.1. The summed E-state index contributed by atoms with van der Waals surface area (Å²) in [5, 5.41) is 27.5. The summed E-state index contributed by atoms with van der Waals surface area (Å²) in [5.41, 5.74) is 5.37. The molecule has 1 aliphatic rings. The Hall–Kier alpha value is -3.87. The van der Waals surface area contributed by atoms with E-state index in [2.05, 4.69) is 29.2 Å². The molecule has 9 atom stereocenters. The zero-order valence-corrected chi connectivity index (χ0v) is 43.7. The first-order valence-corrected chi connectivity index (χ1v) is 26.7. The molecule has 70 heavy (non-hydrogen) atoms. The van der Waals surface area contributed by atoms with Crippen LogP contribution in [0.2, 0.25) is 1.41 Å². The molecular formula is C52H94N4O14. The molecule has 1 rings (SSSR count). The molecule has 0 bridgehead atoms. The molecule has 1 aliphatic heterocycles. The van der Waals surface area contributed by atoms with E-state index in [1.54, 1.807) is 0 Å². The Morgan fingerprint density at radius 1 is 0.671 bits per heavy atom. The minimum atomic E-state index is -1.81. The van der Waals surface area contributed by atoms with Crippen molar-refractivity contribution >= 4 is 41.5 Å². The second kappa shape index (κ2) is 39.7. The van der Waals surface area contributed by atoms with Gasteiger partial charge >= 0.3 is 17.9 Å². The fourth-order valence-corrected chi connectivity index (χ4v) is 8.40. The number of nitrogens with two attached hydrogens (primary N) is 1. The van der Waals surface area contributed by atoms with E-state index in [1.165, 1.54) is 117 Å². The van der Waals surface area contributed by atoms with Gasteiger partial charge in [0.25, 0.3) is 0 Å². The number of hydrogen-bond donors (Lipinski definition) is 6. The molecule has 1 fully saturated rings. The van der Waals surface area contributed by atoms with Gasteiger partial charge in [0.15, 0.2) is 7.70 Å². The zero-order valence-electron chi connectivity index (χ0n) is 44.7. The van der Waals surface area contributed by atoms with E-state index < -0.39 is 97.1 Å². The molecule has 4 amide bonds. The van der Waals surface area contributed by atoms with E-state index in [0.29, 0.717) is 12.8 Å². The molecule has 0 radical (unpaired) electrons. The van der Waals surface area contributed by atoms with Gasteiger partial charge in [-0.3, -0.25) is 33.6 Å². The van der Waals surface area contributed by atoms with Gasteiger partial charge in [0, 0.05) is 19.8 Å². The minimum Gasteiger partial charge on any atom is -0.469 e. The molecule has 0 aromatic heterocycles. The van der Waals surface area contributed by atoms with Crippen molar-refractivity contribution in [3.8, 4) is 0 Å². The van der Waals surface area contributed by atoms with Crippen molar-refractivity contribution in [3.63, 3.8) is 0 Å². The van der Waals surface area contributed by atoms with Crippen molar-refractivity contribution in [3.05, 3.63) is 0 Å². The monoisotopic (exact) mass is 1000 g/mol. The molecule has 0 aromatic rings. The molecular weight excluding hydrogens is 905 g/mol. The minimum absolute atomic E-state index is 0.191. The average molecular weight is 1000 g/mol. The molecule has 0 aromatic carbocycles. The van der Waals surface area contributed by atoms with Crippen molar-refractivity contribution in [2.24, 2.45) is 5.73 Å². The topological polar surface area (TPSA) is 268 Å². The number of rotatable bonds is 42. The number of aliphatic hydroxyl groups is 2. The van der Waals surface area contributed by atoms with Crippen LogP contribution in [0.3, 0.4) is 0 Å². The lowest BCUT2D eigenvalue weighted by atomic mass is 9.96. The number of nitrogens with one attached hydrogen (secondary N) is 3. The van der Waals surface area contributed by atoms with Crippen LogP contribution in [-0.2, 0) is 57.2 Å². The Labute approximate surface area is 420 Å². The Balaban J connectivity index is 2.89. The quantitative estimate of drug-likeness (QED) is 0.0209. The summed E-state index contributed by atoms with van der Waals surface area (Å²) < 4.78 is 35.8. The lowest BCUT2D eigenvalue weighted by molar-refractivity contribution is -0.267. The number of carbonyl (C=O) groups is 7. The van der Waals surface area contributed by atoms with Gasteiger partial charge in [-0.1, -0.05) is 155 Å². The van der Waals surface area contributed by atoms with Crippen LogP contribution >= 0.6 is 0 Å². The van der Waals surface area contributed by atoms with Crippen LogP contribution in [0, 0.1) is 0 Å². The van der Waals surface area contributed by atoms with Crippen molar-refractivity contribution in [2.75, 3.05) is 13.7 Å². The van der Waals surface area contributed by atoms with E-state index in [1.807, 2.05) is 0 Å². The maximum absolute atomic E-state index is 13.4. The highest BCUT2D eigenvalue weighted by atomic mass is 16.6. The first kappa shape index (κ1) is 62.2. The molecule has 1 unspecified atom stereocenters. The molecule has 1 heterocycles. The summed E-state index contributed by atoms with van der Waals surface area (Å²) in [6.45, 7) is 7.43. The number of amides is 4. The number of unbranched alkanes of at least 4 members (excludes halogenated alkanes) is 22. The first-order valence-electron chi connectivity index (χ1n) is 27.2. The molecule has 0 spiro atoms. The average Bonchev–Trinajstić information content (AvgIpc) is 3.33. The highest BCUT2D eigenvalue weighted by molar-refractivity contribution is 5.92. The van der Waals surface area contributed by atoms with Gasteiger partial charge < -0.3 is 55.6 Å². The van der Waals surface area contributed by atoms with Crippen molar-refractivity contribution in [2.45, 2.75) is 276 Å². The first-order chi connectivity index (χ1) is 34.0. The lowest BCUT2D eigenvalue weighted by Crippen LogP contribution is -2.66. The number of hydrogen-bond acceptors (Lipinski definition) is 14. The van der Waals surface area contributed by atoms with Gasteiger partial charge in [-0.15, -0.1) is 0 Å². The zero-order chi connectivity index (χ0) is 53.0. The number of ether oxygens (including phenoxy) is 5. The molecule has 18 nitrogen and oxygen atoms in total. The highest BCUT2D eigenvalue weighted by Crippen LogP contribution is 2.25. The molecule has 0 aliphatic carbocycles. The fraction of sp³-hybridized carbons (Fsp3) is 0.865. The van der Waals surface area contributed by atoms with Gasteiger partial charge in [0.1, 0.15) is 55.3 Å². The smallest absolute Gasteiger partial charge is 0.309 e. The van der Waals surface area contributed by atoms with Crippen LogP contribution in [0.5, 0.6) is 0 Å². The predicted molar refractivity (Wildman–Crippen MR) is 266 cm³/mol. The predicted octanol–water partition coefficient (Wildman–Crippen LogP) is 6.80. The van der Waals surface area contributed by atoms with Crippen LogP contribution in [-0.4, -0.2) is 120 Å². The summed E-state index contributed by atoms with van der Waals surface area (Å²) in [7, 11) is 1.15. The maximum atomic E-state index is 13.4. The van der Waals surface area contributed by atoms with Crippen molar-refractivity contribution in [1.82, 2.24) is 15.9 Å². The maximum Gasteiger partial charge on any atom is 0.309 e. The van der Waals surface area contributed by atoms with E-state index in [9.17, 15) is 43.8 Å². The fourth-order valence-electron chi connectivity index (χ4n) is 8.40. The van der Waals surface area contributed by atoms with Crippen LogP contribution < -0.4 is 21.7 Å². The Morgan fingerprint density at radius 3 is 1.66 bits per heavy atom. The summed E-state index contributed by atoms with van der Waals surface area (Å²) in [6.07, 6.45) is 19.2. The van der Waals surface area contributed by atoms with Gasteiger partial charge in [0.05, 0.1) is 13.5 Å². The van der Waals surface area contributed by atoms with Gasteiger partial charge in [0.2, 0.25) is 23.6 Å². The molecule has 406 valence electrons. The van der Waals surface area contributed by atoms with E-state index in [-0.39, 0.29) is 37.0 Å². The Kier molecular flexibility index (Phi) is 35.3. The number of methoxy groups -OCH3 is 1. The van der Waals surface area contributed by atoms with Crippen LogP contribution in [0.4, 0.5) is 0 Å². The largest absolute Gasteiger partial charge is 0.469 e. The molecule has 18 heteroatoms. The normalized spacial score (nSPS) is 19.7. The third-order valence-corrected chi connectivity index (χ3v) is 12.7. The van der Waals surface area contributed by atoms with Gasteiger partial charge in [-0.25, -0.2) is 0 Å².